The average molecular weight is 667 g/mol. The molecule has 0 aliphatic carbocycles. The van der Waals surface area contributed by atoms with Crippen molar-refractivity contribution in [2.24, 2.45) is 0 Å². The predicted octanol–water partition coefficient (Wildman–Crippen LogP) is 10.4. The Morgan fingerprint density at radius 2 is 1.12 bits per heavy atom. The highest BCUT2D eigenvalue weighted by molar-refractivity contribution is 6.98. The van der Waals surface area contributed by atoms with Gasteiger partial charge in [0.15, 0.2) is 0 Å². The maximum atomic E-state index is 6.81. The van der Waals surface area contributed by atoms with E-state index >= 15 is 0 Å². The summed E-state index contributed by atoms with van der Waals surface area (Å²) in [6, 6.07) is 60.6. The molecule has 0 amide bonds. The van der Waals surface area contributed by atoms with Crippen LogP contribution in [0, 0.1) is 6.92 Å². The number of fused-ring (bicyclic) bond motifs is 9. The molecule has 0 N–H and O–H groups in total. The molecule has 2 aliphatic rings. The molecule has 0 saturated carbocycles. The van der Waals surface area contributed by atoms with Crippen molar-refractivity contribution < 1.29 is 9.47 Å². The second kappa shape index (κ2) is 11.1. The van der Waals surface area contributed by atoms with Gasteiger partial charge in [0.05, 0.1) is 16.7 Å². The van der Waals surface area contributed by atoms with Gasteiger partial charge in [-0.1, -0.05) is 103 Å². The van der Waals surface area contributed by atoms with Crippen LogP contribution in [0.3, 0.4) is 0 Å². The van der Waals surface area contributed by atoms with E-state index in [4.69, 9.17) is 9.47 Å². The normalized spacial score (nSPS) is 12.6. The Morgan fingerprint density at radius 1 is 0.481 bits per heavy atom. The standard InChI is InChI=1S/C47H31BN2O2/c1-30-23-25-33(26-24-30)49(31-13-4-2-5-14-31)40-29-41-46(35-18-9-8-17-34(35)40)36-27-45-38(28-39(36)50(41)32-15-6-3-7-16-32)48-37-19-10-11-20-42(37)51-43-21-12-22-44(52-45)47(43)48/h2-29H,1H3. The van der Waals surface area contributed by atoms with E-state index < -0.39 is 0 Å². The van der Waals surface area contributed by atoms with Crippen LogP contribution in [-0.2, 0) is 0 Å². The Labute approximate surface area is 301 Å². The third-order valence-electron chi connectivity index (χ3n) is 10.7. The highest BCUT2D eigenvalue weighted by atomic mass is 16.5. The number of nitrogens with zero attached hydrogens (tertiary/aromatic N) is 2. The topological polar surface area (TPSA) is 26.6 Å². The number of hydrogen-bond acceptors (Lipinski definition) is 3. The van der Waals surface area contributed by atoms with Crippen LogP contribution in [0.2, 0.25) is 0 Å². The number of hydrogen-bond donors (Lipinski definition) is 0. The van der Waals surface area contributed by atoms with Crippen molar-refractivity contribution in [1.29, 1.82) is 0 Å². The Bertz CT molecular complexity index is 2860. The van der Waals surface area contributed by atoms with E-state index in [0.29, 0.717) is 0 Å². The minimum atomic E-state index is -0.0195. The molecule has 3 heterocycles. The minimum Gasteiger partial charge on any atom is -0.458 e. The first-order chi connectivity index (χ1) is 25.7. The Hall–Kier alpha value is -6.72. The maximum absolute atomic E-state index is 6.81. The van der Waals surface area contributed by atoms with Gasteiger partial charge >= 0.3 is 0 Å². The molecule has 2 aliphatic heterocycles. The lowest BCUT2D eigenvalue weighted by Gasteiger charge is -2.32. The molecule has 0 fully saturated rings. The van der Waals surface area contributed by atoms with Gasteiger partial charge in [0, 0.05) is 38.7 Å². The summed E-state index contributed by atoms with van der Waals surface area (Å²) in [5.74, 6) is 3.47. The molecule has 0 bridgehead atoms. The van der Waals surface area contributed by atoms with Crippen molar-refractivity contribution in [2.45, 2.75) is 6.92 Å². The average Bonchev–Trinajstić information content (AvgIpc) is 3.51. The first-order valence-corrected chi connectivity index (χ1v) is 17.8. The van der Waals surface area contributed by atoms with Gasteiger partial charge in [-0.25, -0.2) is 0 Å². The molecule has 4 nitrogen and oxygen atoms in total. The van der Waals surface area contributed by atoms with Gasteiger partial charge in [-0.15, -0.1) is 0 Å². The molecular weight excluding hydrogens is 635 g/mol. The van der Waals surface area contributed by atoms with E-state index in [1.54, 1.807) is 0 Å². The summed E-state index contributed by atoms with van der Waals surface area (Å²) in [4.78, 5) is 2.39. The smallest absolute Gasteiger partial charge is 0.260 e. The van der Waals surface area contributed by atoms with Gasteiger partial charge in [0.1, 0.15) is 23.0 Å². The van der Waals surface area contributed by atoms with Crippen LogP contribution < -0.4 is 30.8 Å². The summed E-state index contributed by atoms with van der Waals surface area (Å²) in [7, 11) is 0. The van der Waals surface area contributed by atoms with Crippen LogP contribution >= 0.6 is 0 Å². The van der Waals surface area contributed by atoms with Crippen LogP contribution in [-0.4, -0.2) is 11.3 Å². The molecule has 52 heavy (non-hydrogen) atoms. The highest BCUT2D eigenvalue weighted by Crippen LogP contribution is 2.46. The molecule has 0 unspecified atom stereocenters. The molecule has 0 radical (unpaired) electrons. The summed E-state index contributed by atoms with van der Waals surface area (Å²) >= 11 is 0. The van der Waals surface area contributed by atoms with Crippen molar-refractivity contribution in [3.63, 3.8) is 0 Å². The van der Waals surface area contributed by atoms with Gasteiger partial charge in [0.2, 0.25) is 0 Å². The number of para-hydroxylation sites is 3. The zero-order valence-electron chi connectivity index (χ0n) is 28.5. The summed E-state index contributed by atoms with van der Waals surface area (Å²) < 4.78 is 15.7. The quantitative estimate of drug-likeness (QED) is 0.175. The molecule has 8 aromatic carbocycles. The molecule has 11 rings (SSSR count). The summed E-state index contributed by atoms with van der Waals surface area (Å²) in [6.07, 6.45) is 0. The molecule has 1 aromatic heterocycles. The van der Waals surface area contributed by atoms with Crippen LogP contribution in [0.4, 0.5) is 17.1 Å². The SMILES string of the molecule is Cc1ccc(N(c2ccccc2)c2cc3c(c4ccccc24)c2cc4c(cc2n3-c2ccccc2)B2c3ccccc3Oc3cccc(c32)O4)cc1. The fourth-order valence-corrected chi connectivity index (χ4v) is 8.47. The van der Waals surface area contributed by atoms with Crippen molar-refractivity contribution in [2.75, 3.05) is 4.90 Å². The van der Waals surface area contributed by atoms with Gasteiger partial charge < -0.3 is 18.9 Å². The Balaban J connectivity index is 1.26. The zero-order valence-corrected chi connectivity index (χ0v) is 28.5. The molecule has 244 valence electrons. The fraction of sp³-hybridized carbons (Fsp3) is 0.0213. The lowest BCUT2D eigenvalue weighted by Crippen LogP contribution is -2.57. The van der Waals surface area contributed by atoms with Gasteiger partial charge in [-0.2, -0.15) is 0 Å². The third-order valence-corrected chi connectivity index (χ3v) is 10.7. The molecule has 0 spiro atoms. The van der Waals surface area contributed by atoms with Crippen molar-refractivity contribution in [3.05, 3.63) is 175 Å². The molecule has 0 atom stereocenters. The van der Waals surface area contributed by atoms with Crippen molar-refractivity contribution >= 4 is 72.7 Å². The lowest BCUT2D eigenvalue weighted by atomic mass is 9.35. The van der Waals surface area contributed by atoms with Gasteiger partial charge in [-0.3, -0.25) is 0 Å². The number of ether oxygens (including phenoxy) is 2. The number of aromatic nitrogens is 1. The Morgan fingerprint density at radius 3 is 1.90 bits per heavy atom. The minimum absolute atomic E-state index is 0.0195. The van der Waals surface area contributed by atoms with Crippen LogP contribution in [0.1, 0.15) is 5.56 Å². The van der Waals surface area contributed by atoms with Crippen LogP contribution in [0.25, 0.3) is 38.3 Å². The second-order valence-electron chi connectivity index (χ2n) is 13.8. The zero-order chi connectivity index (χ0) is 34.3. The maximum Gasteiger partial charge on any atom is 0.260 e. The van der Waals surface area contributed by atoms with Crippen molar-refractivity contribution in [3.8, 4) is 28.7 Å². The largest absolute Gasteiger partial charge is 0.458 e. The van der Waals surface area contributed by atoms with E-state index in [1.807, 2.05) is 12.1 Å². The van der Waals surface area contributed by atoms with Crippen LogP contribution in [0.15, 0.2) is 170 Å². The monoisotopic (exact) mass is 666 g/mol. The molecular formula is C47H31BN2O2. The molecule has 9 aromatic rings. The van der Waals surface area contributed by atoms with E-state index in [-0.39, 0.29) is 6.71 Å². The number of aryl methyl sites for hydroxylation is 1. The number of rotatable bonds is 4. The summed E-state index contributed by atoms with van der Waals surface area (Å²) in [6.45, 7) is 2.12. The van der Waals surface area contributed by atoms with Gasteiger partial charge in [0.25, 0.3) is 6.71 Å². The van der Waals surface area contributed by atoms with Crippen LogP contribution in [0.5, 0.6) is 23.0 Å². The van der Waals surface area contributed by atoms with Crippen molar-refractivity contribution in [1.82, 2.24) is 4.57 Å². The summed E-state index contributed by atoms with van der Waals surface area (Å²) in [5.41, 5.74) is 11.3. The van der Waals surface area contributed by atoms with E-state index in [0.717, 1.165) is 78.6 Å². The van der Waals surface area contributed by atoms with E-state index in [9.17, 15) is 0 Å². The highest BCUT2D eigenvalue weighted by Gasteiger charge is 2.40. The molecule has 5 heteroatoms. The van der Waals surface area contributed by atoms with Gasteiger partial charge in [-0.05, 0) is 96.0 Å². The first kappa shape index (κ1) is 29.1. The first-order valence-electron chi connectivity index (χ1n) is 17.8. The predicted molar refractivity (Wildman–Crippen MR) is 215 cm³/mol. The third kappa shape index (κ3) is 4.23. The second-order valence-corrected chi connectivity index (χ2v) is 13.8. The lowest BCUT2D eigenvalue weighted by molar-refractivity contribution is 0.465. The fourth-order valence-electron chi connectivity index (χ4n) is 8.47. The number of anilines is 3. The number of benzene rings is 8. The van der Waals surface area contributed by atoms with E-state index in [1.165, 1.54) is 21.7 Å². The van der Waals surface area contributed by atoms with E-state index in [2.05, 4.69) is 174 Å². The molecule has 0 saturated heterocycles. The Kier molecular flexibility index (Phi) is 6.23. The summed E-state index contributed by atoms with van der Waals surface area (Å²) in [5, 5.41) is 4.73.